The van der Waals surface area contributed by atoms with E-state index in [1.165, 1.54) is 33.8 Å². The number of nitro groups is 1. The van der Waals surface area contributed by atoms with Crippen LogP contribution in [-0.2, 0) is 10.0 Å². The van der Waals surface area contributed by atoms with Gasteiger partial charge >= 0.3 is 0 Å². The highest BCUT2D eigenvalue weighted by atomic mass is 32.2. The zero-order valence-corrected chi connectivity index (χ0v) is 15.5. The molecule has 0 N–H and O–H groups in total. The fraction of sp³-hybridized carbons (Fsp3) is 0.333. The molecule has 0 unspecified atom stereocenters. The first-order valence-corrected chi connectivity index (χ1v) is 10.1. The van der Waals surface area contributed by atoms with E-state index < -0.39 is 14.9 Å². The molecule has 1 aliphatic heterocycles. The number of nitrogens with zero attached hydrogens (tertiary/aromatic N) is 4. The summed E-state index contributed by atoms with van der Waals surface area (Å²) in [7, 11) is -3.85. The second kappa shape index (κ2) is 7.09. The van der Waals surface area contributed by atoms with Crippen molar-refractivity contribution in [1.29, 1.82) is 0 Å². The fourth-order valence-electron chi connectivity index (χ4n) is 2.66. The average Bonchev–Trinajstić information content (AvgIpc) is 3.07. The molecule has 0 atom stereocenters. The molecule has 0 aliphatic carbocycles. The highest BCUT2D eigenvalue weighted by Crippen LogP contribution is 2.22. The first kappa shape index (κ1) is 18.4. The number of aromatic nitrogens is 1. The summed E-state index contributed by atoms with van der Waals surface area (Å²) >= 11 is 1.38. The van der Waals surface area contributed by atoms with Crippen molar-refractivity contribution in [2.45, 2.75) is 11.8 Å². The Balaban J connectivity index is 1.72. The predicted molar refractivity (Wildman–Crippen MR) is 94.6 cm³/mol. The zero-order chi connectivity index (χ0) is 18.9. The Morgan fingerprint density at radius 2 is 1.96 bits per heavy atom. The van der Waals surface area contributed by atoms with E-state index in [2.05, 4.69) is 4.98 Å². The highest BCUT2D eigenvalue weighted by molar-refractivity contribution is 7.89. The maximum Gasteiger partial charge on any atom is 0.273 e. The van der Waals surface area contributed by atoms with Crippen LogP contribution >= 0.6 is 11.3 Å². The average molecular weight is 396 g/mol. The molecule has 1 fully saturated rings. The lowest BCUT2D eigenvalue weighted by Gasteiger charge is -2.33. The van der Waals surface area contributed by atoms with Gasteiger partial charge in [-0.2, -0.15) is 4.31 Å². The highest BCUT2D eigenvalue weighted by Gasteiger charge is 2.31. The van der Waals surface area contributed by atoms with Crippen molar-refractivity contribution in [3.8, 4) is 0 Å². The van der Waals surface area contributed by atoms with Crippen molar-refractivity contribution in [3.63, 3.8) is 0 Å². The molecule has 1 aliphatic rings. The number of carbonyl (C=O) groups excluding carboxylic acids is 1. The molecule has 0 saturated carbocycles. The Bertz CT molecular complexity index is 948. The topological polar surface area (TPSA) is 114 Å². The summed E-state index contributed by atoms with van der Waals surface area (Å²) in [6.45, 7) is 2.54. The van der Waals surface area contributed by atoms with Crippen LogP contribution in [0.25, 0.3) is 0 Å². The molecule has 26 heavy (non-hydrogen) atoms. The van der Waals surface area contributed by atoms with Gasteiger partial charge in [-0.05, 0) is 13.0 Å². The maximum absolute atomic E-state index is 12.7. The fourth-order valence-corrected chi connectivity index (χ4v) is 4.71. The number of hydrogen-bond donors (Lipinski definition) is 0. The number of hydrogen-bond acceptors (Lipinski definition) is 7. The lowest BCUT2D eigenvalue weighted by atomic mass is 10.3. The van der Waals surface area contributed by atoms with Crippen molar-refractivity contribution in [3.05, 3.63) is 50.5 Å². The molecule has 9 nitrogen and oxygen atoms in total. The number of non-ortho nitro benzene ring substituents is 1. The van der Waals surface area contributed by atoms with E-state index >= 15 is 0 Å². The molecule has 1 amide bonds. The van der Waals surface area contributed by atoms with Gasteiger partial charge in [-0.1, -0.05) is 6.07 Å². The van der Waals surface area contributed by atoms with Gasteiger partial charge in [-0.25, -0.2) is 13.4 Å². The van der Waals surface area contributed by atoms with Gasteiger partial charge < -0.3 is 4.90 Å². The van der Waals surface area contributed by atoms with Gasteiger partial charge in [0.05, 0.1) is 14.8 Å². The second-order valence-electron chi connectivity index (χ2n) is 5.70. The molecule has 2 aromatic rings. The number of sulfonamides is 1. The summed E-state index contributed by atoms with van der Waals surface area (Å²) in [5, 5.41) is 13.3. The van der Waals surface area contributed by atoms with Crippen molar-refractivity contribution in [2.24, 2.45) is 0 Å². The summed E-state index contributed by atoms with van der Waals surface area (Å²) in [4.78, 5) is 28.2. The number of nitro benzene ring substituents is 1. The molecule has 3 rings (SSSR count). The van der Waals surface area contributed by atoms with E-state index in [9.17, 15) is 23.3 Å². The molecular formula is C15H16N4O5S2. The standard InChI is InChI=1S/C15H16N4O5S2/c1-11-16-14(10-25-11)15(20)17-5-7-18(8-6-17)26(23,24)13-4-2-3-12(9-13)19(21)22/h2-4,9-10H,5-8H2,1H3. The van der Waals surface area contributed by atoms with Crippen molar-refractivity contribution < 1.29 is 18.1 Å². The summed E-state index contributed by atoms with van der Waals surface area (Å²) in [6, 6.07) is 4.96. The number of aryl methyl sites for hydroxylation is 1. The van der Waals surface area contributed by atoms with Gasteiger partial charge in [-0.15, -0.1) is 11.3 Å². The predicted octanol–water partition coefficient (Wildman–Crippen LogP) is 1.51. The number of thiazole rings is 1. The van der Waals surface area contributed by atoms with Crippen LogP contribution in [0.15, 0.2) is 34.5 Å². The number of rotatable bonds is 4. The minimum atomic E-state index is -3.85. The SMILES string of the molecule is Cc1nc(C(=O)N2CCN(S(=O)(=O)c3cccc([N+](=O)[O-])c3)CC2)cs1. The Kier molecular flexibility index (Phi) is 5.03. The summed E-state index contributed by atoms with van der Waals surface area (Å²) in [5.41, 5.74) is 0.0845. The third-order valence-corrected chi connectivity index (χ3v) is 6.70. The molecule has 0 bridgehead atoms. The lowest BCUT2D eigenvalue weighted by molar-refractivity contribution is -0.385. The molecule has 2 heterocycles. The van der Waals surface area contributed by atoms with Crippen molar-refractivity contribution in [1.82, 2.24) is 14.2 Å². The van der Waals surface area contributed by atoms with Gasteiger partial charge in [0.25, 0.3) is 11.6 Å². The number of carbonyl (C=O) groups is 1. The quantitative estimate of drug-likeness (QED) is 0.572. The zero-order valence-electron chi connectivity index (χ0n) is 13.9. The lowest BCUT2D eigenvalue weighted by Crippen LogP contribution is -2.50. The van der Waals surface area contributed by atoms with E-state index in [0.29, 0.717) is 5.69 Å². The molecule has 138 valence electrons. The van der Waals surface area contributed by atoms with Crippen LogP contribution in [0.2, 0.25) is 0 Å². The number of amides is 1. The molecule has 0 radical (unpaired) electrons. The van der Waals surface area contributed by atoms with E-state index in [0.717, 1.165) is 11.1 Å². The van der Waals surface area contributed by atoms with Crippen LogP contribution < -0.4 is 0 Å². The Morgan fingerprint density at radius 3 is 2.54 bits per heavy atom. The maximum atomic E-state index is 12.7. The van der Waals surface area contributed by atoms with E-state index in [-0.39, 0.29) is 42.7 Å². The molecule has 11 heteroatoms. The first-order chi connectivity index (χ1) is 12.3. The second-order valence-corrected chi connectivity index (χ2v) is 8.70. The number of benzene rings is 1. The molecule has 1 aromatic heterocycles. The van der Waals surface area contributed by atoms with Gasteiger partial charge in [0.15, 0.2) is 0 Å². The third kappa shape index (κ3) is 3.59. The van der Waals surface area contributed by atoms with Crippen molar-refractivity contribution >= 4 is 33.0 Å². The third-order valence-electron chi connectivity index (χ3n) is 4.03. The van der Waals surface area contributed by atoms with E-state index in [4.69, 9.17) is 0 Å². The van der Waals surface area contributed by atoms with Crippen LogP contribution in [0.5, 0.6) is 0 Å². The van der Waals surface area contributed by atoms with Crippen LogP contribution in [0.4, 0.5) is 5.69 Å². The van der Waals surface area contributed by atoms with Gasteiger partial charge in [-0.3, -0.25) is 14.9 Å². The molecule has 1 saturated heterocycles. The first-order valence-electron chi connectivity index (χ1n) is 7.75. The summed E-state index contributed by atoms with van der Waals surface area (Å²) < 4.78 is 26.6. The van der Waals surface area contributed by atoms with Gasteiger partial charge in [0, 0.05) is 43.7 Å². The van der Waals surface area contributed by atoms with Crippen LogP contribution in [-0.4, -0.2) is 59.6 Å². The normalized spacial score (nSPS) is 15.8. The van der Waals surface area contributed by atoms with Gasteiger partial charge in [0.2, 0.25) is 10.0 Å². The monoisotopic (exact) mass is 396 g/mol. The molecule has 0 spiro atoms. The number of piperazine rings is 1. The Morgan fingerprint density at radius 1 is 1.27 bits per heavy atom. The molecular weight excluding hydrogens is 380 g/mol. The summed E-state index contributed by atoms with van der Waals surface area (Å²) in [5.74, 6) is -0.221. The van der Waals surface area contributed by atoms with Gasteiger partial charge in [0.1, 0.15) is 5.69 Å². The van der Waals surface area contributed by atoms with Crippen LogP contribution in [0.1, 0.15) is 15.5 Å². The van der Waals surface area contributed by atoms with Crippen molar-refractivity contribution in [2.75, 3.05) is 26.2 Å². The Hall–Kier alpha value is -2.37. The smallest absolute Gasteiger partial charge is 0.273 e. The summed E-state index contributed by atoms with van der Waals surface area (Å²) in [6.07, 6.45) is 0. The van der Waals surface area contributed by atoms with E-state index in [1.54, 1.807) is 10.3 Å². The minimum Gasteiger partial charge on any atom is -0.335 e. The van der Waals surface area contributed by atoms with Crippen LogP contribution in [0, 0.1) is 17.0 Å². The largest absolute Gasteiger partial charge is 0.335 e. The van der Waals surface area contributed by atoms with E-state index in [1.807, 2.05) is 6.92 Å². The molecule has 1 aromatic carbocycles. The van der Waals surface area contributed by atoms with Crippen LogP contribution in [0.3, 0.4) is 0 Å². The minimum absolute atomic E-state index is 0.124. The Labute approximate surface area is 154 Å².